The molecule has 1 N–H and O–H groups in total. The molecule has 0 aliphatic carbocycles. The third-order valence-corrected chi connectivity index (χ3v) is 5.13. The van der Waals surface area contributed by atoms with Gasteiger partial charge in [-0.3, -0.25) is 4.79 Å². The maximum Gasteiger partial charge on any atom is 0.318 e. The molecule has 1 unspecified atom stereocenters. The van der Waals surface area contributed by atoms with Gasteiger partial charge in [0, 0.05) is 6.54 Å². The number of hydrogen-bond donors (Lipinski definition) is 1. The number of likely N-dealkylation sites (tertiary alicyclic amines) is 1. The Balaban J connectivity index is 0.00000208. The minimum atomic E-state index is -0.980. The number of aliphatic carboxylic acids is 1. The lowest BCUT2D eigenvalue weighted by molar-refractivity contribution is -0.144. The van der Waals surface area contributed by atoms with Gasteiger partial charge in [0.15, 0.2) is 0 Å². The van der Waals surface area contributed by atoms with Crippen LogP contribution < -0.4 is 0 Å². The van der Waals surface area contributed by atoms with Crippen molar-refractivity contribution in [1.29, 1.82) is 0 Å². The largest absolute Gasteiger partial charge is 0.480 e. The second-order valence-electron chi connectivity index (χ2n) is 6.22. The van der Waals surface area contributed by atoms with E-state index in [4.69, 9.17) is 0 Å². The van der Waals surface area contributed by atoms with E-state index in [1.807, 2.05) is 60.7 Å². The van der Waals surface area contributed by atoms with Crippen LogP contribution in [0, 0.1) is 5.92 Å². The summed E-state index contributed by atoms with van der Waals surface area (Å²) in [5.74, 6) is -0.678. The van der Waals surface area contributed by atoms with Crippen LogP contribution in [0.4, 0.5) is 0 Å². The number of hydrogen-bond acceptors (Lipinski definition) is 2. The van der Waals surface area contributed by atoms with Crippen LogP contribution in [0.25, 0.3) is 0 Å². The van der Waals surface area contributed by atoms with E-state index in [1.165, 1.54) is 0 Å². The van der Waals surface area contributed by atoms with Crippen LogP contribution in [0.2, 0.25) is 0 Å². The fraction of sp³-hybridized carbons (Fsp3) is 0.350. The summed E-state index contributed by atoms with van der Waals surface area (Å²) in [6.07, 6.45) is 0.907. The summed E-state index contributed by atoms with van der Waals surface area (Å²) >= 11 is 0. The van der Waals surface area contributed by atoms with Crippen LogP contribution in [0.15, 0.2) is 60.7 Å². The van der Waals surface area contributed by atoms with Crippen molar-refractivity contribution in [3.05, 3.63) is 71.8 Å². The first kappa shape index (κ1) is 18.5. The summed E-state index contributed by atoms with van der Waals surface area (Å²) in [5, 5.41) is 10.3. The second kappa shape index (κ2) is 7.82. The number of carbonyl (C=O) groups is 1. The van der Waals surface area contributed by atoms with Gasteiger partial charge in [0.2, 0.25) is 0 Å². The lowest BCUT2D eigenvalue weighted by Gasteiger charge is -2.36. The summed E-state index contributed by atoms with van der Waals surface area (Å²) in [6, 6.07) is 19.4. The molecule has 2 aromatic carbocycles. The Morgan fingerprint density at radius 3 is 1.96 bits per heavy atom. The molecule has 24 heavy (non-hydrogen) atoms. The molecule has 0 aromatic heterocycles. The average molecular weight is 346 g/mol. The number of carboxylic acid groups (broad SMARTS) is 1. The number of rotatable bonds is 5. The Morgan fingerprint density at radius 2 is 1.58 bits per heavy atom. The molecule has 0 radical (unpaired) electrons. The summed E-state index contributed by atoms with van der Waals surface area (Å²) in [5.41, 5.74) is 0.773. The molecular weight excluding hydrogens is 322 g/mol. The minimum Gasteiger partial charge on any atom is -0.480 e. The number of halogens is 1. The van der Waals surface area contributed by atoms with Gasteiger partial charge >= 0.3 is 5.97 Å². The van der Waals surface area contributed by atoms with Crippen LogP contribution in [0.5, 0.6) is 0 Å². The maximum atomic E-state index is 12.6. The Hall–Kier alpha value is -1.84. The van der Waals surface area contributed by atoms with E-state index >= 15 is 0 Å². The van der Waals surface area contributed by atoms with E-state index in [-0.39, 0.29) is 18.3 Å². The zero-order chi connectivity index (χ0) is 16.3. The van der Waals surface area contributed by atoms with Crippen molar-refractivity contribution < 1.29 is 9.90 Å². The van der Waals surface area contributed by atoms with Crippen molar-refractivity contribution >= 4 is 18.4 Å². The van der Waals surface area contributed by atoms with Crippen LogP contribution in [0.1, 0.15) is 24.5 Å². The van der Waals surface area contributed by atoms with Crippen LogP contribution in [-0.2, 0) is 10.2 Å². The van der Waals surface area contributed by atoms with Gasteiger partial charge in [0.25, 0.3) is 0 Å². The monoisotopic (exact) mass is 345 g/mol. The zero-order valence-electron chi connectivity index (χ0n) is 13.9. The van der Waals surface area contributed by atoms with E-state index in [2.05, 4.69) is 11.8 Å². The molecule has 1 fully saturated rings. The summed E-state index contributed by atoms with van der Waals surface area (Å²) in [7, 11) is 0. The molecule has 1 heterocycles. The van der Waals surface area contributed by atoms with E-state index in [0.29, 0.717) is 0 Å². The third kappa shape index (κ3) is 3.06. The van der Waals surface area contributed by atoms with Crippen LogP contribution in [-0.4, -0.2) is 35.6 Å². The quantitative estimate of drug-likeness (QED) is 0.895. The highest BCUT2D eigenvalue weighted by Gasteiger charge is 2.50. The standard InChI is InChI=1S/C20H23NO2.ClH/c1-2-21-14-13-18(15-21)20(19(22)23,16-9-5-3-6-10-16)17-11-7-4-8-12-17;/h3-12,18H,2,13-15H2,1H3,(H,22,23);1H. The predicted octanol–water partition coefficient (Wildman–Crippen LogP) is 3.82. The maximum absolute atomic E-state index is 12.6. The Labute approximate surface area is 149 Å². The normalized spacial score (nSPS) is 18.1. The van der Waals surface area contributed by atoms with Crippen molar-refractivity contribution in [2.24, 2.45) is 5.92 Å². The molecule has 1 atom stereocenters. The molecule has 0 spiro atoms. The third-order valence-electron chi connectivity index (χ3n) is 5.13. The highest BCUT2D eigenvalue weighted by molar-refractivity contribution is 5.86. The first-order valence-corrected chi connectivity index (χ1v) is 8.26. The molecule has 4 heteroatoms. The molecule has 1 aliphatic rings. The van der Waals surface area contributed by atoms with Gasteiger partial charge in [-0.2, -0.15) is 0 Å². The minimum absolute atomic E-state index is 0. The van der Waals surface area contributed by atoms with Crippen molar-refractivity contribution in [3.63, 3.8) is 0 Å². The van der Waals surface area contributed by atoms with Crippen molar-refractivity contribution in [3.8, 4) is 0 Å². The lowest BCUT2D eigenvalue weighted by atomic mass is 9.65. The lowest BCUT2D eigenvalue weighted by Crippen LogP contribution is -2.45. The van der Waals surface area contributed by atoms with Gasteiger partial charge in [-0.05, 0) is 36.6 Å². The van der Waals surface area contributed by atoms with Crippen LogP contribution >= 0.6 is 12.4 Å². The van der Waals surface area contributed by atoms with E-state index in [1.54, 1.807) is 0 Å². The molecule has 0 amide bonds. The number of carboxylic acids is 1. The fourth-order valence-electron chi connectivity index (χ4n) is 3.94. The molecule has 0 saturated carbocycles. The van der Waals surface area contributed by atoms with Gasteiger partial charge in [0.05, 0.1) is 0 Å². The first-order valence-electron chi connectivity index (χ1n) is 8.26. The Kier molecular flexibility index (Phi) is 6.03. The molecule has 0 bridgehead atoms. The van der Waals surface area contributed by atoms with Gasteiger partial charge < -0.3 is 10.0 Å². The Bertz CT molecular complexity index is 620. The number of benzene rings is 2. The first-order chi connectivity index (χ1) is 11.2. The summed E-state index contributed by atoms with van der Waals surface area (Å²) < 4.78 is 0. The average Bonchev–Trinajstić information content (AvgIpc) is 3.06. The Morgan fingerprint density at radius 1 is 1.08 bits per heavy atom. The van der Waals surface area contributed by atoms with E-state index in [0.717, 1.165) is 37.2 Å². The molecule has 3 nitrogen and oxygen atoms in total. The number of nitrogens with zero attached hydrogens (tertiary/aromatic N) is 1. The van der Waals surface area contributed by atoms with Crippen molar-refractivity contribution in [1.82, 2.24) is 4.90 Å². The smallest absolute Gasteiger partial charge is 0.318 e. The van der Waals surface area contributed by atoms with Gasteiger partial charge in [-0.1, -0.05) is 67.6 Å². The fourth-order valence-corrected chi connectivity index (χ4v) is 3.94. The molecule has 3 rings (SSSR count). The zero-order valence-corrected chi connectivity index (χ0v) is 14.7. The van der Waals surface area contributed by atoms with Crippen molar-refractivity contribution in [2.45, 2.75) is 18.8 Å². The second-order valence-corrected chi connectivity index (χ2v) is 6.22. The summed E-state index contributed by atoms with van der Waals surface area (Å²) in [4.78, 5) is 14.9. The van der Waals surface area contributed by atoms with E-state index in [9.17, 15) is 9.90 Å². The van der Waals surface area contributed by atoms with Crippen molar-refractivity contribution in [2.75, 3.05) is 19.6 Å². The predicted molar refractivity (Wildman–Crippen MR) is 98.8 cm³/mol. The molecular formula is C20H24ClNO2. The molecule has 1 aliphatic heterocycles. The molecule has 2 aromatic rings. The van der Waals surface area contributed by atoms with Gasteiger partial charge in [-0.15, -0.1) is 12.4 Å². The molecule has 128 valence electrons. The van der Waals surface area contributed by atoms with Crippen LogP contribution in [0.3, 0.4) is 0 Å². The highest BCUT2D eigenvalue weighted by Crippen LogP contribution is 2.43. The SMILES string of the molecule is CCN1CCC(C(C(=O)O)(c2ccccc2)c2ccccc2)C1.Cl. The van der Waals surface area contributed by atoms with Gasteiger partial charge in [-0.25, -0.2) is 0 Å². The topological polar surface area (TPSA) is 40.5 Å². The molecule has 1 saturated heterocycles. The summed E-state index contributed by atoms with van der Waals surface area (Å²) in [6.45, 7) is 4.90. The van der Waals surface area contributed by atoms with Gasteiger partial charge in [0.1, 0.15) is 5.41 Å². The highest BCUT2D eigenvalue weighted by atomic mass is 35.5. The van der Waals surface area contributed by atoms with E-state index < -0.39 is 11.4 Å².